The Morgan fingerprint density at radius 2 is 1.49 bits per heavy atom. The third kappa shape index (κ3) is 5.75. The highest BCUT2D eigenvalue weighted by Gasteiger charge is 2.25. The van der Waals surface area contributed by atoms with Crippen LogP contribution in [0.15, 0.2) is 78.9 Å². The van der Waals surface area contributed by atoms with Crippen molar-refractivity contribution in [1.29, 1.82) is 0 Å². The van der Waals surface area contributed by atoms with E-state index in [2.05, 4.69) is 10.6 Å². The van der Waals surface area contributed by atoms with Gasteiger partial charge in [0.2, 0.25) is 17.3 Å². The number of carbonyl (C=O) groups excluding carboxylic acids is 5. The van der Waals surface area contributed by atoms with E-state index in [4.69, 9.17) is 11.6 Å². The van der Waals surface area contributed by atoms with Crippen molar-refractivity contribution in [2.45, 2.75) is 6.42 Å². The van der Waals surface area contributed by atoms with Crippen LogP contribution < -0.4 is 10.6 Å². The average molecular weight is 491 g/mol. The van der Waals surface area contributed by atoms with Crippen LogP contribution in [0.4, 0.5) is 11.4 Å². The Labute approximate surface area is 204 Å². The number of rotatable bonds is 7. The maximum atomic E-state index is 12.5. The first-order valence-corrected chi connectivity index (χ1v) is 10.6. The molecule has 3 aromatic rings. The lowest BCUT2D eigenvalue weighted by atomic mass is 9.92. The first-order valence-electron chi connectivity index (χ1n) is 10.2. The van der Waals surface area contributed by atoms with Crippen LogP contribution in [0, 0.1) is 0 Å². The highest BCUT2D eigenvalue weighted by atomic mass is 35.5. The Hall–Kier alpha value is -4.40. The highest BCUT2D eigenvalue weighted by Crippen LogP contribution is 2.26. The maximum absolute atomic E-state index is 12.5. The van der Waals surface area contributed by atoms with Gasteiger partial charge in [0.1, 0.15) is 0 Å². The van der Waals surface area contributed by atoms with Gasteiger partial charge in [0.25, 0.3) is 5.91 Å². The lowest BCUT2D eigenvalue weighted by Crippen LogP contribution is -2.25. The van der Waals surface area contributed by atoms with Gasteiger partial charge in [-0.2, -0.15) is 0 Å². The standard InChI is InChI=1S/C26H17ClN2O5.H2O/c27-16-4-3-5-18(12-16)29-26(34)24(32)14-22(30)15-8-10-17(11-9-15)28-21-13-23(31)25(33)20-7-2-1-6-19(20)21;/h1-13,28H,14H2,(H,29,34);1H2. The summed E-state index contributed by atoms with van der Waals surface area (Å²) in [5.74, 6) is -3.48. The maximum Gasteiger partial charge on any atom is 0.292 e. The van der Waals surface area contributed by atoms with Crippen molar-refractivity contribution in [2.75, 3.05) is 10.6 Å². The van der Waals surface area contributed by atoms with Gasteiger partial charge in [0.15, 0.2) is 5.78 Å². The fourth-order valence-corrected chi connectivity index (χ4v) is 3.61. The number of halogens is 1. The fraction of sp³-hybridized carbons (Fsp3) is 0.0385. The van der Waals surface area contributed by atoms with Crippen molar-refractivity contribution in [2.24, 2.45) is 0 Å². The van der Waals surface area contributed by atoms with Crippen molar-refractivity contribution in [1.82, 2.24) is 0 Å². The molecule has 3 aromatic carbocycles. The number of anilines is 2. The number of allylic oxidation sites excluding steroid dienone is 1. The van der Waals surface area contributed by atoms with E-state index in [1.807, 2.05) is 0 Å². The van der Waals surface area contributed by atoms with Crippen LogP contribution in [0.5, 0.6) is 0 Å². The predicted octanol–water partition coefficient (Wildman–Crippen LogP) is 3.51. The molecule has 0 aliphatic heterocycles. The number of carbonyl (C=O) groups is 5. The number of ketones is 4. The predicted molar refractivity (Wildman–Crippen MR) is 131 cm³/mol. The molecule has 0 heterocycles. The molecule has 35 heavy (non-hydrogen) atoms. The summed E-state index contributed by atoms with van der Waals surface area (Å²) < 4.78 is 0. The second-order valence-electron chi connectivity index (χ2n) is 7.49. The lowest BCUT2D eigenvalue weighted by Gasteiger charge is -2.18. The Balaban J connectivity index is 0.00000342. The minimum absolute atomic E-state index is 0. The summed E-state index contributed by atoms with van der Waals surface area (Å²) in [6.07, 6.45) is 0.648. The zero-order valence-electron chi connectivity index (χ0n) is 18.1. The van der Waals surface area contributed by atoms with Crippen molar-refractivity contribution < 1.29 is 29.4 Å². The van der Waals surface area contributed by atoms with Gasteiger partial charge >= 0.3 is 0 Å². The smallest absolute Gasteiger partial charge is 0.292 e. The third-order valence-electron chi connectivity index (χ3n) is 5.10. The van der Waals surface area contributed by atoms with Crippen molar-refractivity contribution in [3.63, 3.8) is 0 Å². The Bertz CT molecular complexity index is 1380. The van der Waals surface area contributed by atoms with Gasteiger partial charge in [-0.15, -0.1) is 0 Å². The molecule has 0 unspecified atom stereocenters. The summed E-state index contributed by atoms with van der Waals surface area (Å²) in [5, 5.41) is 5.90. The van der Waals surface area contributed by atoms with Gasteiger partial charge in [-0.25, -0.2) is 0 Å². The van der Waals surface area contributed by atoms with Gasteiger partial charge in [0, 0.05) is 39.2 Å². The van der Waals surface area contributed by atoms with Crippen molar-refractivity contribution >= 4 is 57.7 Å². The molecule has 0 saturated heterocycles. The van der Waals surface area contributed by atoms with E-state index in [0.717, 1.165) is 0 Å². The lowest BCUT2D eigenvalue weighted by molar-refractivity contribution is -0.134. The molecule has 4 rings (SSSR count). The number of amides is 1. The van der Waals surface area contributed by atoms with Crippen LogP contribution >= 0.6 is 11.6 Å². The molecular formula is C26H19ClN2O6. The van der Waals surface area contributed by atoms with E-state index in [9.17, 15) is 24.0 Å². The van der Waals surface area contributed by atoms with Gasteiger partial charge in [-0.05, 0) is 42.5 Å². The first kappa shape index (κ1) is 25.2. The van der Waals surface area contributed by atoms with E-state index < -0.39 is 35.5 Å². The molecule has 0 saturated carbocycles. The first-order chi connectivity index (χ1) is 16.3. The number of hydrogen-bond acceptors (Lipinski definition) is 6. The average Bonchev–Trinajstić information content (AvgIpc) is 2.82. The summed E-state index contributed by atoms with van der Waals surface area (Å²) in [5.41, 5.74) is 2.56. The monoisotopic (exact) mass is 490 g/mol. The second kappa shape index (κ2) is 10.7. The zero-order chi connectivity index (χ0) is 24.2. The number of fused-ring (bicyclic) bond motifs is 1. The highest BCUT2D eigenvalue weighted by molar-refractivity contribution is 6.50. The van der Waals surface area contributed by atoms with Crippen LogP contribution in [-0.2, 0) is 14.4 Å². The molecule has 0 radical (unpaired) electrons. The van der Waals surface area contributed by atoms with Crippen LogP contribution in [0.25, 0.3) is 5.70 Å². The summed E-state index contributed by atoms with van der Waals surface area (Å²) in [6.45, 7) is 0. The third-order valence-corrected chi connectivity index (χ3v) is 5.34. The molecule has 176 valence electrons. The van der Waals surface area contributed by atoms with E-state index >= 15 is 0 Å². The topological polar surface area (TPSA) is 141 Å². The molecule has 4 N–H and O–H groups in total. The summed E-state index contributed by atoms with van der Waals surface area (Å²) >= 11 is 5.85. The molecule has 0 spiro atoms. The van der Waals surface area contributed by atoms with Gasteiger partial charge in [0.05, 0.1) is 12.1 Å². The molecule has 1 aliphatic rings. The number of nitrogens with one attached hydrogen (secondary N) is 2. The number of Topliss-reactive ketones (excluding diaryl/α,β-unsaturated/α-hetero) is 3. The second-order valence-corrected chi connectivity index (χ2v) is 7.92. The fourth-order valence-electron chi connectivity index (χ4n) is 3.42. The van der Waals surface area contributed by atoms with Crippen LogP contribution in [0.3, 0.4) is 0 Å². The molecule has 0 atom stereocenters. The van der Waals surface area contributed by atoms with Gasteiger partial charge < -0.3 is 16.1 Å². The molecule has 9 heteroatoms. The summed E-state index contributed by atoms with van der Waals surface area (Å²) in [4.78, 5) is 60.8. The number of benzene rings is 3. The molecular weight excluding hydrogens is 472 g/mol. The van der Waals surface area contributed by atoms with E-state index in [1.54, 1.807) is 54.6 Å². The van der Waals surface area contributed by atoms with Crippen LogP contribution in [-0.4, -0.2) is 34.5 Å². The molecule has 8 nitrogen and oxygen atoms in total. The minimum atomic E-state index is -0.906. The molecule has 0 bridgehead atoms. The van der Waals surface area contributed by atoms with Gasteiger partial charge in [-0.1, -0.05) is 41.9 Å². The molecule has 1 aliphatic carbocycles. The van der Waals surface area contributed by atoms with E-state index in [1.165, 1.54) is 24.3 Å². The van der Waals surface area contributed by atoms with E-state index in [-0.39, 0.29) is 11.0 Å². The van der Waals surface area contributed by atoms with Gasteiger partial charge in [-0.3, -0.25) is 24.0 Å². The summed E-state index contributed by atoms with van der Waals surface area (Å²) in [7, 11) is 0. The Morgan fingerprint density at radius 1 is 0.800 bits per heavy atom. The normalized spacial score (nSPS) is 12.1. The van der Waals surface area contributed by atoms with Crippen LogP contribution in [0.2, 0.25) is 5.02 Å². The Morgan fingerprint density at radius 3 is 2.17 bits per heavy atom. The largest absolute Gasteiger partial charge is 0.412 e. The zero-order valence-corrected chi connectivity index (χ0v) is 18.9. The van der Waals surface area contributed by atoms with Crippen LogP contribution in [0.1, 0.15) is 32.7 Å². The SMILES string of the molecule is O.O=C1C=C(Nc2ccc(C(=O)CC(=O)C(=O)Nc3cccc(Cl)c3)cc2)c2ccccc2C1=O. The van der Waals surface area contributed by atoms with E-state index in [0.29, 0.717) is 33.2 Å². The van der Waals surface area contributed by atoms with Crippen molar-refractivity contribution in [3.8, 4) is 0 Å². The minimum Gasteiger partial charge on any atom is -0.412 e. The quantitative estimate of drug-likeness (QED) is 0.295. The molecule has 0 fully saturated rings. The van der Waals surface area contributed by atoms with Crippen molar-refractivity contribution in [3.05, 3.63) is 101 Å². The number of hydrogen-bond donors (Lipinski definition) is 2. The molecule has 1 amide bonds. The summed E-state index contributed by atoms with van der Waals surface area (Å²) in [6, 6.07) is 19.3. The molecule has 0 aromatic heterocycles. The Kier molecular flexibility index (Phi) is 7.70.